The van der Waals surface area contributed by atoms with Crippen LogP contribution in [0.2, 0.25) is 0 Å². The van der Waals surface area contributed by atoms with Gasteiger partial charge in [0, 0.05) is 5.92 Å². The molecule has 1 saturated heterocycles. The van der Waals surface area contributed by atoms with Crippen LogP contribution in [0.4, 0.5) is 0 Å². The normalized spacial score (nSPS) is 20.4. The van der Waals surface area contributed by atoms with Crippen LogP contribution >= 0.6 is 0 Å². The van der Waals surface area contributed by atoms with Crippen LogP contribution in [-0.2, 0) is 14.9 Å². The molecule has 0 aromatic heterocycles. The fourth-order valence-electron chi connectivity index (χ4n) is 6.17. The highest BCUT2D eigenvalue weighted by Crippen LogP contribution is 2.59. The van der Waals surface area contributed by atoms with Crippen LogP contribution in [0.1, 0.15) is 77.1 Å². The SMILES string of the molecule is CC#C[C@]1(c2ccccc2C(=O)O)C(c2ccccc2C(=O)O)O[C@@H](COC(=O)c2ccccc2)[C@@H]1c1ccccc1C(=O)O. The first-order chi connectivity index (χ1) is 21.7. The second-order valence-electron chi connectivity index (χ2n) is 10.4. The number of ether oxygens (including phenoxy) is 2. The molecule has 1 fully saturated rings. The summed E-state index contributed by atoms with van der Waals surface area (Å²) in [7, 11) is 0. The number of carboxylic acid groups (broad SMARTS) is 3. The number of carboxylic acids is 3. The zero-order chi connectivity index (χ0) is 32.1. The lowest BCUT2D eigenvalue weighted by atomic mass is 9.61. The van der Waals surface area contributed by atoms with Gasteiger partial charge in [0.05, 0.1) is 27.7 Å². The van der Waals surface area contributed by atoms with Gasteiger partial charge in [0.1, 0.15) is 18.8 Å². The van der Waals surface area contributed by atoms with Crippen LogP contribution < -0.4 is 0 Å². The average molecular weight is 605 g/mol. The molecule has 4 aromatic carbocycles. The average Bonchev–Trinajstić information content (AvgIpc) is 3.38. The van der Waals surface area contributed by atoms with E-state index in [1.807, 2.05) is 0 Å². The van der Waals surface area contributed by atoms with Crippen molar-refractivity contribution in [3.8, 4) is 11.8 Å². The second kappa shape index (κ2) is 12.9. The minimum atomic E-state index is -1.66. The van der Waals surface area contributed by atoms with Gasteiger partial charge in [0.25, 0.3) is 0 Å². The molecule has 0 aliphatic carbocycles. The topological polar surface area (TPSA) is 147 Å². The van der Waals surface area contributed by atoms with E-state index in [1.165, 1.54) is 18.2 Å². The van der Waals surface area contributed by atoms with E-state index in [-0.39, 0.29) is 45.6 Å². The fourth-order valence-corrected chi connectivity index (χ4v) is 6.17. The monoisotopic (exact) mass is 604 g/mol. The fraction of sp³-hybridized carbons (Fsp3) is 0.167. The molecule has 0 spiro atoms. The van der Waals surface area contributed by atoms with E-state index in [2.05, 4.69) is 11.8 Å². The van der Waals surface area contributed by atoms with Gasteiger partial charge in [0.2, 0.25) is 0 Å². The van der Waals surface area contributed by atoms with Crippen molar-refractivity contribution in [3.63, 3.8) is 0 Å². The van der Waals surface area contributed by atoms with Crippen molar-refractivity contribution in [2.75, 3.05) is 6.61 Å². The van der Waals surface area contributed by atoms with Crippen LogP contribution in [-0.4, -0.2) is 51.9 Å². The van der Waals surface area contributed by atoms with Crippen LogP contribution in [0.5, 0.6) is 0 Å². The Bertz CT molecular complexity index is 1840. The molecule has 4 atom stereocenters. The summed E-state index contributed by atoms with van der Waals surface area (Å²) in [4.78, 5) is 50.8. The third-order valence-corrected chi connectivity index (χ3v) is 7.91. The number of hydrogen-bond donors (Lipinski definition) is 3. The summed E-state index contributed by atoms with van der Waals surface area (Å²) >= 11 is 0. The number of carbonyl (C=O) groups is 4. The van der Waals surface area contributed by atoms with Crippen molar-refractivity contribution in [3.05, 3.63) is 142 Å². The van der Waals surface area contributed by atoms with E-state index in [4.69, 9.17) is 9.47 Å². The molecule has 45 heavy (non-hydrogen) atoms. The van der Waals surface area contributed by atoms with Crippen LogP contribution in [0.15, 0.2) is 103 Å². The maximum absolute atomic E-state index is 13.1. The predicted molar refractivity (Wildman–Crippen MR) is 162 cm³/mol. The standard InChI is InChI=1S/C36H28O9/c1-2-20-36(28-19-11-10-18-27(28)34(41)42)30(23-14-6-8-16-25(23)32(37)38)29(21-44-35(43)22-12-4-3-5-13-22)45-31(36)24-15-7-9-17-26(24)33(39)40/h3-19,29-31H,21H2,1H3,(H,37,38)(H,39,40)(H,41,42)/t29-,30-,31?,36+/m0/s1. The Kier molecular flexibility index (Phi) is 8.79. The molecule has 3 N–H and O–H groups in total. The molecule has 1 aliphatic rings. The lowest BCUT2D eigenvalue weighted by molar-refractivity contribution is -0.0149. The number of aromatic carboxylic acids is 3. The highest BCUT2D eigenvalue weighted by Gasteiger charge is 2.60. The molecule has 226 valence electrons. The van der Waals surface area contributed by atoms with E-state index in [1.54, 1.807) is 91.9 Å². The summed E-state index contributed by atoms with van der Waals surface area (Å²) in [5.74, 6) is 0.616. The molecule has 1 heterocycles. The molecular weight excluding hydrogens is 576 g/mol. The number of rotatable bonds is 9. The maximum Gasteiger partial charge on any atom is 0.338 e. The Morgan fingerprint density at radius 1 is 0.711 bits per heavy atom. The largest absolute Gasteiger partial charge is 0.478 e. The maximum atomic E-state index is 13.1. The summed E-state index contributed by atoms with van der Waals surface area (Å²) in [5.41, 5.74) is -1.06. The lowest BCUT2D eigenvalue weighted by Crippen LogP contribution is -2.39. The molecule has 9 nitrogen and oxygen atoms in total. The van der Waals surface area contributed by atoms with Gasteiger partial charge in [-0.3, -0.25) is 0 Å². The molecule has 0 bridgehead atoms. The second-order valence-corrected chi connectivity index (χ2v) is 10.4. The zero-order valence-corrected chi connectivity index (χ0v) is 24.0. The van der Waals surface area contributed by atoms with Crippen LogP contribution in [0, 0.1) is 11.8 Å². The lowest BCUT2D eigenvalue weighted by Gasteiger charge is -2.37. The van der Waals surface area contributed by atoms with Crippen molar-refractivity contribution in [2.45, 2.75) is 30.5 Å². The van der Waals surface area contributed by atoms with Gasteiger partial charge in [-0.2, -0.15) is 0 Å². The Morgan fingerprint density at radius 3 is 1.82 bits per heavy atom. The summed E-state index contributed by atoms with van der Waals surface area (Å²) in [5, 5.41) is 30.8. The molecule has 4 aromatic rings. The number of carbonyl (C=O) groups excluding carboxylic acids is 1. The highest BCUT2D eigenvalue weighted by atomic mass is 16.6. The first-order valence-electron chi connectivity index (χ1n) is 14.0. The van der Waals surface area contributed by atoms with Crippen LogP contribution in [0.25, 0.3) is 0 Å². The van der Waals surface area contributed by atoms with Gasteiger partial charge in [-0.1, -0.05) is 78.7 Å². The third kappa shape index (κ3) is 5.67. The van der Waals surface area contributed by atoms with Gasteiger partial charge in [-0.25, -0.2) is 19.2 Å². The summed E-state index contributed by atoms with van der Waals surface area (Å²) < 4.78 is 12.4. The van der Waals surface area contributed by atoms with Gasteiger partial charge < -0.3 is 24.8 Å². The van der Waals surface area contributed by atoms with Crippen molar-refractivity contribution in [2.24, 2.45) is 0 Å². The van der Waals surface area contributed by atoms with E-state index >= 15 is 0 Å². The van der Waals surface area contributed by atoms with Crippen molar-refractivity contribution >= 4 is 23.9 Å². The van der Waals surface area contributed by atoms with Gasteiger partial charge in [-0.05, 0) is 53.9 Å². The minimum absolute atomic E-state index is 0.0901. The first kappa shape index (κ1) is 30.7. The molecular formula is C36H28O9. The van der Waals surface area contributed by atoms with E-state index < -0.39 is 47.4 Å². The quantitative estimate of drug-likeness (QED) is 0.159. The summed E-state index contributed by atoms with van der Waals surface area (Å²) in [6.45, 7) is 1.18. The molecule has 0 radical (unpaired) electrons. The Hall–Kier alpha value is -5.72. The molecule has 0 amide bonds. The van der Waals surface area contributed by atoms with Crippen molar-refractivity contribution in [1.82, 2.24) is 0 Å². The number of benzene rings is 4. The summed E-state index contributed by atoms with van der Waals surface area (Å²) in [6.07, 6.45) is -2.32. The molecule has 0 saturated carbocycles. The third-order valence-electron chi connectivity index (χ3n) is 7.91. The zero-order valence-electron chi connectivity index (χ0n) is 24.0. The summed E-state index contributed by atoms with van der Waals surface area (Å²) in [6, 6.07) is 26.8. The Labute approximate surface area is 258 Å². The van der Waals surface area contributed by atoms with Gasteiger partial charge >= 0.3 is 23.9 Å². The Morgan fingerprint density at radius 2 is 1.22 bits per heavy atom. The molecule has 9 heteroatoms. The number of hydrogen-bond acceptors (Lipinski definition) is 6. The van der Waals surface area contributed by atoms with E-state index in [0.29, 0.717) is 0 Å². The first-order valence-corrected chi connectivity index (χ1v) is 14.0. The number of esters is 1. The minimum Gasteiger partial charge on any atom is -0.478 e. The smallest absolute Gasteiger partial charge is 0.338 e. The van der Waals surface area contributed by atoms with Crippen LogP contribution in [0.3, 0.4) is 0 Å². The van der Waals surface area contributed by atoms with Crippen molar-refractivity contribution in [1.29, 1.82) is 0 Å². The van der Waals surface area contributed by atoms with E-state index in [9.17, 15) is 34.5 Å². The molecule has 1 aliphatic heterocycles. The Balaban J connectivity index is 1.83. The highest BCUT2D eigenvalue weighted by molar-refractivity contribution is 5.93. The van der Waals surface area contributed by atoms with Gasteiger partial charge in [0.15, 0.2) is 0 Å². The molecule has 5 rings (SSSR count). The predicted octanol–water partition coefficient (Wildman–Crippen LogP) is 5.82. The van der Waals surface area contributed by atoms with E-state index in [0.717, 1.165) is 0 Å². The molecule has 1 unspecified atom stereocenters. The van der Waals surface area contributed by atoms with Gasteiger partial charge in [-0.15, -0.1) is 5.92 Å². The van der Waals surface area contributed by atoms with Crippen molar-refractivity contribution < 1.29 is 44.0 Å².